The second-order valence-electron chi connectivity index (χ2n) is 5.74. The van der Waals surface area contributed by atoms with Crippen LogP contribution in [0.5, 0.6) is 0 Å². The van der Waals surface area contributed by atoms with Crippen LogP contribution in [0.3, 0.4) is 0 Å². The minimum atomic E-state index is -3.26. The zero-order valence-corrected chi connectivity index (χ0v) is 14.5. The van der Waals surface area contributed by atoms with Gasteiger partial charge in [-0.15, -0.1) is 0 Å². The lowest BCUT2D eigenvalue weighted by Gasteiger charge is -2.23. The van der Waals surface area contributed by atoms with E-state index < -0.39 is 10.0 Å². The van der Waals surface area contributed by atoms with E-state index in [0.29, 0.717) is 26.1 Å². The maximum absolute atomic E-state index is 11.8. The highest BCUT2D eigenvalue weighted by Gasteiger charge is 2.17. The van der Waals surface area contributed by atoms with Gasteiger partial charge >= 0.3 is 6.03 Å². The molecule has 0 aromatic carbocycles. The first-order valence-electron chi connectivity index (χ1n) is 7.92. The van der Waals surface area contributed by atoms with Crippen LogP contribution in [0.2, 0.25) is 0 Å². The van der Waals surface area contributed by atoms with Gasteiger partial charge in [-0.3, -0.25) is 0 Å². The number of rotatable bonds is 9. The van der Waals surface area contributed by atoms with Gasteiger partial charge in [0.15, 0.2) is 0 Å². The van der Waals surface area contributed by atoms with Crippen LogP contribution in [0, 0.1) is 0 Å². The third-order valence-electron chi connectivity index (χ3n) is 3.81. The summed E-state index contributed by atoms with van der Waals surface area (Å²) in [5.41, 5.74) is 0. The van der Waals surface area contributed by atoms with E-state index >= 15 is 0 Å². The van der Waals surface area contributed by atoms with E-state index in [0.717, 1.165) is 25.7 Å². The number of carbonyl (C=O) groups excluding carboxylic acids is 1. The average Bonchev–Trinajstić information content (AvgIpc) is 2.45. The van der Waals surface area contributed by atoms with Crippen LogP contribution >= 0.6 is 0 Å². The largest absolute Gasteiger partial charge is 0.385 e. The van der Waals surface area contributed by atoms with Crippen molar-refractivity contribution >= 4 is 16.1 Å². The number of ether oxygens (including phenoxy) is 1. The van der Waals surface area contributed by atoms with Crippen LogP contribution in [0.15, 0.2) is 0 Å². The Labute approximate surface area is 133 Å². The summed E-state index contributed by atoms with van der Waals surface area (Å²) in [7, 11) is -1.68. The van der Waals surface area contributed by atoms with E-state index in [9.17, 15) is 13.2 Å². The zero-order chi connectivity index (χ0) is 16.4. The first-order chi connectivity index (χ1) is 10.4. The molecule has 1 rings (SSSR count). The second kappa shape index (κ2) is 10.0. The van der Waals surface area contributed by atoms with Gasteiger partial charge in [-0.25, -0.2) is 17.5 Å². The quantitative estimate of drug-likeness (QED) is 0.613. The van der Waals surface area contributed by atoms with Gasteiger partial charge in [0.05, 0.1) is 6.26 Å². The number of urea groups is 1. The van der Waals surface area contributed by atoms with Gasteiger partial charge < -0.3 is 15.4 Å². The molecule has 1 aliphatic carbocycles. The summed E-state index contributed by atoms with van der Waals surface area (Å²) in [5, 5.41) is 5.68. The van der Waals surface area contributed by atoms with Crippen LogP contribution in [-0.4, -0.2) is 64.4 Å². The van der Waals surface area contributed by atoms with Gasteiger partial charge in [-0.05, 0) is 19.3 Å². The lowest BCUT2D eigenvalue weighted by Crippen LogP contribution is -2.46. The van der Waals surface area contributed by atoms with Gasteiger partial charge in [0.25, 0.3) is 0 Å². The fourth-order valence-electron chi connectivity index (χ4n) is 2.61. The van der Waals surface area contributed by atoms with Crippen molar-refractivity contribution < 1.29 is 17.9 Å². The molecule has 0 unspecified atom stereocenters. The Kier molecular flexibility index (Phi) is 8.74. The maximum Gasteiger partial charge on any atom is 0.315 e. The van der Waals surface area contributed by atoms with E-state index in [2.05, 4.69) is 10.6 Å². The lowest BCUT2D eigenvalue weighted by molar-refractivity contribution is 0.187. The van der Waals surface area contributed by atoms with Crippen molar-refractivity contribution in [1.82, 2.24) is 14.9 Å². The van der Waals surface area contributed by atoms with Crippen molar-refractivity contribution in [2.75, 3.05) is 39.6 Å². The Bertz CT molecular complexity index is 422. The van der Waals surface area contributed by atoms with E-state index in [4.69, 9.17) is 4.74 Å². The van der Waals surface area contributed by atoms with Crippen LogP contribution in [0.25, 0.3) is 0 Å². The molecule has 2 amide bonds. The number of carbonyl (C=O) groups is 1. The van der Waals surface area contributed by atoms with Gasteiger partial charge in [-0.2, -0.15) is 0 Å². The molecule has 0 spiro atoms. The van der Waals surface area contributed by atoms with Crippen LogP contribution < -0.4 is 10.6 Å². The molecule has 2 N–H and O–H groups in total. The predicted molar refractivity (Wildman–Crippen MR) is 86.3 cm³/mol. The zero-order valence-electron chi connectivity index (χ0n) is 13.6. The summed E-state index contributed by atoms with van der Waals surface area (Å²) in [4.78, 5) is 11.8. The Morgan fingerprint density at radius 1 is 1.23 bits per heavy atom. The molecule has 0 atom stereocenters. The molecule has 22 heavy (non-hydrogen) atoms. The van der Waals surface area contributed by atoms with Crippen molar-refractivity contribution in [2.45, 2.75) is 44.6 Å². The highest BCUT2D eigenvalue weighted by molar-refractivity contribution is 7.88. The molecule has 1 aliphatic rings. The minimum Gasteiger partial charge on any atom is -0.385 e. The Hall–Kier alpha value is -0.860. The summed E-state index contributed by atoms with van der Waals surface area (Å²) in [5.74, 6) is 0. The fourth-order valence-corrected chi connectivity index (χ4v) is 3.49. The molecule has 0 heterocycles. The first kappa shape index (κ1) is 19.2. The highest BCUT2D eigenvalue weighted by atomic mass is 32.2. The topological polar surface area (TPSA) is 87.7 Å². The third kappa shape index (κ3) is 7.95. The number of amides is 2. The average molecular weight is 335 g/mol. The number of hydrogen-bond acceptors (Lipinski definition) is 4. The number of methoxy groups -OCH3 is 1. The normalized spacial score (nSPS) is 16.7. The maximum atomic E-state index is 11.8. The van der Waals surface area contributed by atoms with Gasteiger partial charge in [0.2, 0.25) is 10.0 Å². The molecular weight excluding hydrogens is 306 g/mol. The Balaban J connectivity index is 2.27. The number of nitrogens with one attached hydrogen (secondary N) is 2. The SMILES string of the molecule is COCCCN(CCNC(=O)NC1CCCCC1)S(C)(=O)=O. The van der Waals surface area contributed by atoms with E-state index in [1.807, 2.05) is 0 Å². The van der Waals surface area contributed by atoms with Gasteiger partial charge in [0, 0.05) is 39.4 Å². The lowest BCUT2D eigenvalue weighted by atomic mass is 9.96. The molecule has 0 radical (unpaired) electrons. The molecule has 0 bridgehead atoms. The van der Waals surface area contributed by atoms with Crippen molar-refractivity contribution in [1.29, 1.82) is 0 Å². The third-order valence-corrected chi connectivity index (χ3v) is 5.12. The molecular formula is C14H29N3O4S. The molecule has 130 valence electrons. The summed E-state index contributed by atoms with van der Waals surface area (Å²) >= 11 is 0. The molecule has 7 nitrogen and oxygen atoms in total. The summed E-state index contributed by atoms with van der Waals surface area (Å²) in [6.07, 6.45) is 7.43. The number of hydrogen-bond donors (Lipinski definition) is 2. The van der Waals surface area contributed by atoms with Crippen LogP contribution in [0.1, 0.15) is 38.5 Å². The Morgan fingerprint density at radius 3 is 2.50 bits per heavy atom. The standard InChI is InChI=1S/C14H29N3O4S/c1-21-12-6-10-17(22(2,19)20)11-9-15-14(18)16-13-7-4-3-5-8-13/h13H,3-12H2,1-2H3,(H2,15,16,18). The van der Waals surface area contributed by atoms with Crippen LogP contribution in [0.4, 0.5) is 4.79 Å². The molecule has 0 aliphatic heterocycles. The monoisotopic (exact) mass is 335 g/mol. The predicted octanol–water partition coefficient (Wildman–Crippen LogP) is 0.916. The molecule has 1 saturated carbocycles. The molecule has 8 heteroatoms. The number of sulfonamides is 1. The van der Waals surface area contributed by atoms with E-state index in [1.165, 1.54) is 17.0 Å². The summed E-state index contributed by atoms with van der Waals surface area (Å²) in [6.45, 7) is 1.50. The van der Waals surface area contributed by atoms with Crippen molar-refractivity contribution in [3.8, 4) is 0 Å². The Morgan fingerprint density at radius 2 is 1.91 bits per heavy atom. The van der Waals surface area contributed by atoms with Crippen molar-refractivity contribution in [2.24, 2.45) is 0 Å². The molecule has 1 fully saturated rings. The van der Waals surface area contributed by atoms with Gasteiger partial charge in [0.1, 0.15) is 0 Å². The van der Waals surface area contributed by atoms with Crippen molar-refractivity contribution in [3.05, 3.63) is 0 Å². The number of nitrogens with zero attached hydrogens (tertiary/aromatic N) is 1. The highest BCUT2D eigenvalue weighted by Crippen LogP contribution is 2.17. The summed E-state index contributed by atoms with van der Waals surface area (Å²) < 4.78 is 29.6. The molecule has 0 saturated heterocycles. The molecule has 0 aromatic rings. The van der Waals surface area contributed by atoms with Crippen molar-refractivity contribution in [3.63, 3.8) is 0 Å². The first-order valence-corrected chi connectivity index (χ1v) is 9.76. The van der Waals surface area contributed by atoms with Crippen LogP contribution in [-0.2, 0) is 14.8 Å². The minimum absolute atomic E-state index is 0.211. The fraction of sp³-hybridized carbons (Fsp3) is 0.929. The summed E-state index contributed by atoms with van der Waals surface area (Å²) in [6, 6.07) is 0.0405. The van der Waals surface area contributed by atoms with E-state index in [1.54, 1.807) is 7.11 Å². The van der Waals surface area contributed by atoms with E-state index in [-0.39, 0.29) is 18.6 Å². The smallest absolute Gasteiger partial charge is 0.315 e. The second-order valence-corrected chi connectivity index (χ2v) is 7.73. The molecule has 0 aromatic heterocycles. The van der Waals surface area contributed by atoms with Gasteiger partial charge in [-0.1, -0.05) is 19.3 Å².